The van der Waals surface area contributed by atoms with Crippen LogP contribution in [0, 0.1) is 0 Å². The zero-order valence-corrected chi connectivity index (χ0v) is 14.0. The van der Waals surface area contributed by atoms with Crippen molar-refractivity contribution in [3.63, 3.8) is 0 Å². The van der Waals surface area contributed by atoms with E-state index in [1.807, 2.05) is 0 Å². The van der Waals surface area contributed by atoms with Gasteiger partial charge in [0.1, 0.15) is 13.0 Å². The highest BCUT2D eigenvalue weighted by molar-refractivity contribution is 6.42. The Morgan fingerprint density at radius 2 is 1.92 bits per heavy atom. The van der Waals surface area contributed by atoms with E-state index < -0.39 is 6.67 Å². The van der Waals surface area contributed by atoms with Gasteiger partial charge in [0.15, 0.2) is 0 Å². The Morgan fingerprint density at radius 3 is 2.58 bits per heavy atom. The minimum Gasteiger partial charge on any atom is -0.344 e. The number of aryl methyl sites for hydroxylation is 1. The Labute approximate surface area is 147 Å². The number of hydrogen-bond donors (Lipinski definition) is 0. The zero-order chi connectivity index (χ0) is 17.3. The Hall–Kier alpha value is -2.11. The molecule has 0 saturated heterocycles. The summed E-state index contributed by atoms with van der Waals surface area (Å²) in [7, 11) is 0. The van der Waals surface area contributed by atoms with Crippen LogP contribution >= 0.6 is 23.2 Å². The third kappa shape index (κ3) is 2.85. The van der Waals surface area contributed by atoms with E-state index in [9.17, 15) is 14.0 Å². The van der Waals surface area contributed by atoms with Crippen LogP contribution in [0.1, 0.15) is 0 Å². The molecule has 0 spiro atoms. The molecule has 2 aromatic heterocycles. The average Bonchev–Trinajstić information content (AvgIpc) is 2.93. The van der Waals surface area contributed by atoms with Gasteiger partial charge in [-0.15, -0.1) is 0 Å². The number of pyridine rings is 1. The fourth-order valence-corrected chi connectivity index (χ4v) is 3.03. The number of fused-ring (bicyclic) bond motifs is 1. The fourth-order valence-electron chi connectivity index (χ4n) is 2.73. The quantitative estimate of drug-likeness (QED) is 0.641. The second-order valence-electron chi connectivity index (χ2n) is 5.25. The van der Waals surface area contributed by atoms with Crippen molar-refractivity contribution in [2.24, 2.45) is 0 Å². The molecule has 7 heteroatoms. The van der Waals surface area contributed by atoms with E-state index in [-0.39, 0.29) is 18.6 Å². The predicted molar refractivity (Wildman–Crippen MR) is 93.7 cm³/mol. The maximum atomic E-state index is 12.8. The van der Waals surface area contributed by atoms with Crippen LogP contribution in [-0.4, -0.2) is 22.1 Å². The number of aldehydes is 1. The van der Waals surface area contributed by atoms with Gasteiger partial charge in [0.2, 0.25) is 0 Å². The third-order valence-electron chi connectivity index (χ3n) is 3.83. The number of carbonyl (C=O) groups excluding carboxylic acids is 1. The first-order chi connectivity index (χ1) is 11.6. The number of carbonyl (C=O) groups is 1. The first-order valence-electron chi connectivity index (χ1n) is 7.24. The molecule has 3 aromatic rings. The summed E-state index contributed by atoms with van der Waals surface area (Å²) in [6.45, 7) is -0.457. The van der Waals surface area contributed by atoms with Gasteiger partial charge < -0.3 is 13.9 Å². The number of halogens is 3. The zero-order valence-electron chi connectivity index (χ0n) is 12.5. The molecule has 0 radical (unpaired) electrons. The van der Waals surface area contributed by atoms with Crippen molar-refractivity contribution in [2.45, 2.75) is 13.1 Å². The topological polar surface area (TPSA) is 44.0 Å². The second-order valence-corrected chi connectivity index (χ2v) is 6.07. The lowest BCUT2D eigenvalue weighted by molar-refractivity contribution is -0.108. The molecule has 24 heavy (non-hydrogen) atoms. The van der Waals surface area contributed by atoms with E-state index in [2.05, 4.69) is 0 Å². The average molecular weight is 367 g/mol. The summed E-state index contributed by atoms with van der Waals surface area (Å²) < 4.78 is 15.8. The molecule has 2 heterocycles. The maximum absolute atomic E-state index is 12.8. The van der Waals surface area contributed by atoms with Gasteiger partial charge in [0, 0.05) is 18.0 Å². The van der Waals surface area contributed by atoms with E-state index >= 15 is 0 Å². The summed E-state index contributed by atoms with van der Waals surface area (Å²) in [5, 5.41) is 1.20. The van der Waals surface area contributed by atoms with Gasteiger partial charge in [-0.3, -0.25) is 4.79 Å². The summed E-state index contributed by atoms with van der Waals surface area (Å²) >= 11 is 12.0. The molecule has 4 nitrogen and oxygen atoms in total. The lowest BCUT2D eigenvalue weighted by atomic mass is 10.1. The van der Waals surface area contributed by atoms with E-state index in [1.54, 1.807) is 35.0 Å². The van der Waals surface area contributed by atoms with Crippen molar-refractivity contribution >= 4 is 40.4 Å². The molecule has 0 saturated carbocycles. The highest BCUT2D eigenvalue weighted by Crippen LogP contribution is 2.32. The van der Waals surface area contributed by atoms with E-state index in [0.717, 1.165) is 0 Å². The predicted octanol–water partition coefficient (Wildman–Crippen LogP) is 3.95. The molecule has 0 aliphatic carbocycles. The van der Waals surface area contributed by atoms with Crippen molar-refractivity contribution in [3.8, 4) is 11.1 Å². The maximum Gasteiger partial charge on any atom is 0.261 e. The highest BCUT2D eigenvalue weighted by Gasteiger charge is 2.16. The van der Waals surface area contributed by atoms with Crippen LogP contribution in [0.25, 0.3) is 22.0 Å². The number of rotatable bonds is 5. The Morgan fingerprint density at radius 1 is 1.12 bits per heavy atom. The lowest BCUT2D eigenvalue weighted by Crippen LogP contribution is -2.20. The van der Waals surface area contributed by atoms with Gasteiger partial charge in [-0.2, -0.15) is 0 Å². The van der Waals surface area contributed by atoms with E-state index in [4.69, 9.17) is 23.2 Å². The molecule has 1 aromatic carbocycles. The molecule has 0 aliphatic heterocycles. The molecule has 124 valence electrons. The minimum absolute atomic E-state index is 0.0378. The Balaban J connectivity index is 2.32. The molecule has 0 N–H and O–H groups in total. The number of benzene rings is 1. The van der Waals surface area contributed by atoms with Crippen LogP contribution in [0.5, 0.6) is 0 Å². The van der Waals surface area contributed by atoms with Gasteiger partial charge in [0.25, 0.3) is 5.56 Å². The molecular weight excluding hydrogens is 354 g/mol. The second kappa shape index (κ2) is 6.79. The first-order valence-corrected chi connectivity index (χ1v) is 7.99. The number of hydrogen-bond acceptors (Lipinski definition) is 2. The van der Waals surface area contributed by atoms with Crippen LogP contribution in [0.15, 0.2) is 41.5 Å². The highest BCUT2D eigenvalue weighted by atomic mass is 35.5. The molecule has 0 aliphatic rings. The van der Waals surface area contributed by atoms with Crippen molar-refractivity contribution < 1.29 is 9.18 Å². The van der Waals surface area contributed by atoms with Crippen molar-refractivity contribution in [3.05, 3.63) is 57.1 Å². The van der Waals surface area contributed by atoms with Crippen LogP contribution in [-0.2, 0) is 17.9 Å². The van der Waals surface area contributed by atoms with E-state index in [0.29, 0.717) is 38.4 Å². The van der Waals surface area contributed by atoms with Crippen molar-refractivity contribution in [1.82, 2.24) is 9.13 Å². The largest absolute Gasteiger partial charge is 0.344 e. The third-order valence-corrected chi connectivity index (χ3v) is 4.57. The molecule has 0 fully saturated rings. The fraction of sp³-hybridized carbons (Fsp3) is 0.176. The summed E-state index contributed by atoms with van der Waals surface area (Å²) in [5.41, 5.74) is 1.63. The number of alkyl halides is 1. The molecule has 0 unspecified atom stereocenters. The smallest absolute Gasteiger partial charge is 0.261 e. The standard InChI is InChI=1S/C17H13Cl2FN2O2/c18-13-2-1-11(9-14(13)19)12-10-22(6-4-20)15-3-5-21(7-8-23)17(24)16(12)15/h1-3,5,8-10H,4,6-7H2. The molecule has 0 atom stereocenters. The van der Waals surface area contributed by atoms with Crippen LogP contribution in [0.4, 0.5) is 4.39 Å². The van der Waals surface area contributed by atoms with Crippen molar-refractivity contribution in [2.75, 3.05) is 6.67 Å². The number of aromatic nitrogens is 2. The summed E-state index contributed by atoms with van der Waals surface area (Å²) in [5.74, 6) is 0. The van der Waals surface area contributed by atoms with E-state index in [1.165, 1.54) is 10.8 Å². The van der Waals surface area contributed by atoms with Gasteiger partial charge in [-0.05, 0) is 23.8 Å². The Bertz CT molecular complexity index is 979. The van der Waals surface area contributed by atoms with Gasteiger partial charge in [0.05, 0.1) is 34.0 Å². The van der Waals surface area contributed by atoms with Crippen LogP contribution in [0.3, 0.4) is 0 Å². The first kappa shape index (κ1) is 16.7. The molecule has 0 amide bonds. The van der Waals surface area contributed by atoms with Gasteiger partial charge >= 0.3 is 0 Å². The monoisotopic (exact) mass is 366 g/mol. The summed E-state index contributed by atoms with van der Waals surface area (Å²) in [4.78, 5) is 23.5. The minimum atomic E-state index is -0.554. The normalized spacial score (nSPS) is 11.1. The lowest BCUT2D eigenvalue weighted by Gasteiger charge is -2.05. The van der Waals surface area contributed by atoms with Gasteiger partial charge in [-0.25, -0.2) is 4.39 Å². The van der Waals surface area contributed by atoms with Crippen LogP contribution in [0.2, 0.25) is 10.0 Å². The SMILES string of the molecule is O=CCn1ccc2c(c(-c3ccc(Cl)c(Cl)c3)cn2CCF)c1=O. The number of nitrogens with zero attached hydrogens (tertiary/aromatic N) is 2. The van der Waals surface area contributed by atoms with Crippen LogP contribution < -0.4 is 5.56 Å². The summed E-state index contributed by atoms with van der Waals surface area (Å²) in [6.07, 6.45) is 3.91. The molecular formula is C17H13Cl2FN2O2. The molecule has 0 bridgehead atoms. The van der Waals surface area contributed by atoms with Crippen molar-refractivity contribution in [1.29, 1.82) is 0 Å². The van der Waals surface area contributed by atoms with Gasteiger partial charge in [-0.1, -0.05) is 29.3 Å². The summed E-state index contributed by atoms with van der Waals surface area (Å²) in [6, 6.07) is 6.76. The Kier molecular flexibility index (Phi) is 4.73. The molecule has 3 rings (SSSR count).